The molecule has 0 heterocycles. The number of hydrogen-bond donors (Lipinski definition) is 1. The molecule has 1 N–H and O–H groups in total. The predicted octanol–water partition coefficient (Wildman–Crippen LogP) is 4.37. The zero-order chi connectivity index (χ0) is 14.6. The maximum absolute atomic E-state index is 11.9. The molecule has 0 bridgehead atoms. The fraction of sp³-hybridized carbons (Fsp3) is 0.571. The van der Waals surface area contributed by atoms with Crippen molar-refractivity contribution < 1.29 is 4.21 Å². The van der Waals surface area contributed by atoms with Gasteiger partial charge in [-0.2, -0.15) is 0 Å². The largest absolute Gasteiger partial charge is 0.242 e. The highest BCUT2D eigenvalue weighted by atomic mass is 35.5. The first-order valence-corrected chi connectivity index (χ1v) is 8.22. The molecule has 0 aliphatic heterocycles. The van der Waals surface area contributed by atoms with Crippen LogP contribution in [0, 0.1) is 0 Å². The third-order valence-corrected chi connectivity index (χ3v) is 5.18. The van der Waals surface area contributed by atoms with Crippen molar-refractivity contribution in [1.82, 2.24) is 4.72 Å². The maximum Gasteiger partial charge on any atom is 0.0972 e. The number of aryl methyl sites for hydroxylation is 1. The van der Waals surface area contributed by atoms with E-state index in [1.54, 1.807) is 0 Å². The fourth-order valence-corrected chi connectivity index (χ4v) is 2.65. The average Bonchev–Trinajstić information content (AvgIpc) is 2.29. The second kappa shape index (κ2) is 7.07. The second-order valence-corrected chi connectivity index (χ2v) is 8.50. The SMILES string of the molecule is C[C@H](CCc1ccc(Cl)c(Cl)c1)N[S@@](=O)C(C)(C)C. The van der Waals surface area contributed by atoms with Gasteiger partial charge in [0.05, 0.1) is 25.8 Å². The van der Waals surface area contributed by atoms with Crippen molar-refractivity contribution in [3.05, 3.63) is 33.8 Å². The number of benzene rings is 1. The highest BCUT2D eigenvalue weighted by molar-refractivity contribution is 7.84. The first-order valence-electron chi connectivity index (χ1n) is 6.32. The molecule has 0 unspecified atom stereocenters. The molecule has 19 heavy (non-hydrogen) atoms. The summed E-state index contributed by atoms with van der Waals surface area (Å²) in [6, 6.07) is 5.86. The number of halogens is 2. The normalized spacial score (nSPS) is 15.3. The molecule has 108 valence electrons. The van der Waals surface area contributed by atoms with Gasteiger partial charge in [-0.1, -0.05) is 29.3 Å². The lowest BCUT2D eigenvalue weighted by Gasteiger charge is -2.22. The van der Waals surface area contributed by atoms with Gasteiger partial charge in [-0.3, -0.25) is 0 Å². The molecule has 0 aliphatic carbocycles. The number of hydrogen-bond acceptors (Lipinski definition) is 1. The molecule has 0 saturated carbocycles. The van der Waals surface area contributed by atoms with Crippen molar-refractivity contribution in [2.75, 3.05) is 0 Å². The van der Waals surface area contributed by atoms with Gasteiger partial charge in [-0.15, -0.1) is 0 Å². The molecular weight excluding hydrogens is 301 g/mol. The van der Waals surface area contributed by atoms with Crippen LogP contribution in [0.5, 0.6) is 0 Å². The van der Waals surface area contributed by atoms with E-state index >= 15 is 0 Å². The van der Waals surface area contributed by atoms with Gasteiger partial charge in [0.1, 0.15) is 0 Å². The van der Waals surface area contributed by atoms with E-state index in [2.05, 4.69) is 4.72 Å². The van der Waals surface area contributed by atoms with Crippen LogP contribution in [-0.2, 0) is 17.4 Å². The molecule has 0 fully saturated rings. The lowest BCUT2D eigenvalue weighted by molar-refractivity contribution is 0.581. The summed E-state index contributed by atoms with van der Waals surface area (Å²) < 4.78 is 14.8. The molecule has 1 aromatic rings. The van der Waals surface area contributed by atoms with Crippen LogP contribution in [-0.4, -0.2) is 15.0 Å². The molecule has 0 spiro atoms. The summed E-state index contributed by atoms with van der Waals surface area (Å²) in [7, 11) is -1.03. The second-order valence-electron chi connectivity index (χ2n) is 5.69. The predicted molar refractivity (Wildman–Crippen MR) is 85.3 cm³/mol. The lowest BCUT2D eigenvalue weighted by Crippen LogP contribution is -2.38. The Bertz CT molecular complexity index is 457. The highest BCUT2D eigenvalue weighted by Crippen LogP contribution is 2.23. The molecule has 0 radical (unpaired) electrons. The van der Waals surface area contributed by atoms with Crippen LogP contribution in [0.4, 0.5) is 0 Å². The van der Waals surface area contributed by atoms with E-state index in [1.165, 1.54) is 0 Å². The van der Waals surface area contributed by atoms with Gasteiger partial charge in [0.15, 0.2) is 0 Å². The third kappa shape index (κ3) is 5.82. The molecule has 1 rings (SSSR count). The first-order chi connectivity index (χ1) is 8.70. The van der Waals surface area contributed by atoms with E-state index in [4.69, 9.17) is 23.2 Å². The Hall–Kier alpha value is -0.0900. The molecule has 0 aliphatic rings. The Morgan fingerprint density at radius 2 is 1.89 bits per heavy atom. The minimum atomic E-state index is -1.03. The highest BCUT2D eigenvalue weighted by Gasteiger charge is 2.20. The quantitative estimate of drug-likeness (QED) is 0.857. The molecule has 2 nitrogen and oxygen atoms in total. The van der Waals surface area contributed by atoms with Crippen molar-refractivity contribution >= 4 is 34.2 Å². The monoisotopic (exact) mass is 321 g/mol. The maximum atomic E-state index is 11.9. The molecule has 2 atom stereocenters. The molecular formula is C14H21Cl2NOS. The van der Waals surface area contributed by atoms with Gasteiger partial charge in [0.2, 0.25) is 0 Å². The van der Waals surface area contributed by atoms with Crippen molar-refractivity contribution in [1.29, 1.82) is 0 Å². The van der Waals surface area contributed by atoms with Crippen LogP contribution in [0.15, 0.2) is 18.2 Å². The Morgan fingerprint density at radius 1 is 1.26 bits per heavy atom. The van der Waals surface area contributed by atoms with Crippen LogP contribution < -0.4 is 4.72 Å². The van der Waals surface area contributed by atoms with Crippen LogP contribution in [0.25, 0.3) is 0 Å². The number of nitrogens with one attached hydrogen (secondary N) is 1. The van der Waals surface area contributed by atoms with Crippen molar-refractivity contribution in [3.8, 4) is 0 Å². The summed E-state index contributed by atoms with van der Waals surface area (Å²) in [6.07, 6.45) is 1.78. The molecule has 1 aromatic carbocycles. The van der Waals surface area contributed by atoms with E-state index in [9.17, 15) is 4.21 Å². The van der Waals surface area contributed by atoms with Crippen molar-refractivity contribution in [3.63, 3.8) is 0 Å². The smallest absolute Gasteiger partial charge is 0.0972 e. The molecule has 5 heteroatoms. The van der Waals surface area contributed by atoms with Gasteiger partial charge in [0, 0.05) is 6.04 Å². The summed E-state index contributed by atoms with van der Waals surface area (Å²) in [5.41, 5.74) is 1.14. The Balaban J connectivity index is 2.48. The Kier molecular flexibility index (Phi) is 6.31. The minimum absolute atomic E-state index is 0.189. The summed E-state index contributed by atoms with van der Waals surface area (Å²) in [6.45, 7) is 7.92. The van der Waals surface area contributed by atoms with E-state index < -0.39 is 11.0 Å². The third-order valence-electron chi connectivity index (χ3n) is 2.71. The van der Waals surface area contributed by atoms with E-state index in [-0.39, 0.29) is 10.8 Å². The Labute approximate surface area is 128 Å². The van der Waals surface area contributed by atoms with Crippen molar-refractivity contribution in [2.45, 2.75) is 51.3 Å². The van der Waals surface area contributed by atoms with E-state index in [0.29, 0.717) is 10.0 Å². The van der Waals surface area contributed by atoms with E-state index in [1.807, 2.05) is 45.9 Å². The molecule has 0 aromatic heterocycles. The summed E-state index contributed by atoms with van der Waals surface area (Å²) >= 11 is 11.9. The summed E-state index contributed by atoms with van der Waals surface area (Å²) in [5.74, 6) is 0. The van der Waals surface area contributed by atoms with Crippen molar-refractivity contribution in [2.24, 2.45) is 0 Å². The topological polar surface area (TPSA) is 29.1 Å². The molecule has 0 amide bonds. The fourth-order valence-electron chi connectivity index (χ4n) is 1.50. The molecule has 0 saturated heterocycles. The Morgan fingerprint density at radius 3 is 2.42 bits per heavy atom. The minimum Gasteiger partial charge on any atom is -0.242 e. The van der Waals surface area contributed by atoms with Crippen LogP contribution in [0.3, 0.4) is 0 Å². The standard InChI is InChI=1S/C14H21Cl2NOS/c1-10(17-19(18)14(2,3)4)5-6-11-7-8-12(15)13(16)9-11/h7-10,17H,5-6H2,1-4H3/t10-,19+/m1/s1. The van der Waals surface area contributed by atoms with Crippen LogP contribution in [0.1, 0.15) is 39.7 Å². The van der Waals surface area contributed by atoms with Gasteiger partial charge in [-0.25, -0.2) is 8.93 Å². The zero-order valence-corrected chi connectivity index (χ0v) is 14.1. The van der Waals surface area contributed by atoms with Gasteiger partial charge >= 0.3 is 0 Å². The van der Waals surface area contributed by atoms with Gasteiger partial charge in [-0.05, 0) is 58.2 Å². The van der Waals surface area contributed by atoms with Crippen LogP contribution in [0.2, 0.25) is 10.0 Å². The number of rotatable bonds is 5. The van der Waals surface area contributed by atoms with E-state index in [0.717, 1.165) is 18.4 Å². The zero-order valence-electron chi connectivity index (χ0n) is 11.8. The van der Waals surface area contributed by atoms with Gasteiger partial charge in [0.25, 0.3) is 0 Å². The average molecular weight is 322 g/mol. The summed E-state index contributed by atoms with van der Waals surface area (Å²) in [5, 5.41) is 1.16. The first kappa shape index (κ1) is 17.0. The summed E-state index contributed by atoms with van der Waals surface area (Å²) in [4.78, 5) is 0. The lowest BCUT2D eigenvalue weighted by atomic mass is 10.1. The van der Waals surface area contributed by atoms with Gasteiger partial charge < -0.3 is 0 Å². The van der Waals surface area contributed by atoms with Crippen LogP contribution >= 0.6 is 23.2 Å².